The number of alkyl halides is 3. The second-order valence-electron chi connectivity index (χ2n) is 7.21. The van der Waals surface area contributed by atoms with Crippen LogP contribution >= 0.6 is 0 Å². The van der Waals surface area contributed by atoms with Crippen LogP contribution < -0.4 is 26.2 Å². The van der Waals surface area contributed by atoms with Crippen LogP contribution in [0.25, 0.3) is 0 Å². The molecule has 0 spiro atoms. The number of nitrogens with one attached hydrogen (secondary N) is 4. The lowest BCUT2D eigenvalue weighted by Crippen LogP contribution is -2.45. The maximum absolute atomic E-state index is 12.7. The highest BCUT2D eigenvalue weighted by molar-refractivity contribution is 5.99. The summed E-state index contributed by atoms with van der Waals surface area (Å²) >= 11 is 0. The van der Waals surface area contributed by atoms with Crippen molar-refractivity contribution < 1.29 is 37.5 Å². The Bertz CT molecular complexity index is 940. The summed E-state index contributed by atoms with van der Waals surface area (Å²) < 4.78 is 40.6. The van der Waals surface area contributed by atoms with Crippen LogP contribution in [-0.2, 0) is 9.59 Å². The van der Waals surface area contributed by atoms with Crippen molar-refractivity contribution in [3.05, 3.63) is 54.6 Å². The molecule has 0 saturated carbocycles. The van der Waals surface area contributed by atoms with E-state index in [2.05, 4.69) is 20.7 Å². The van der Waals surface area contributed by atoms with Gasteiger partial charge in [0.15, 0.2) is 0 Å². The molecule has 4 amide bonds. The lowest BCUT2D eigenvalue weighted by atomic mass is 10.1. The van der Waals surface area contributed by atoms with Crippen LogP contribution in [0.15, 0.2) is 54.6 Å². The molecule has 1 atom stereocenters. The molecule has 0 saturated heterocycles. The third-order valence-electron chi connectivity index (χ3n) is 4.53. The van der Waals surface area contributed by atoms with Gasteiger partial charge in [0.1, 0.15) is 11.8 Å². The molecule has 12 heteroatoms. The number of rotatable bonds is 11. The van der Waals surface area contributed by atoms with Gasteiger partial charge in [0.05, 0.1) is 0 Å². The van der Waals surface area contributed by atoms with Crippen LogP contribution in [0, 0.1) is 0 Å². The number of hydrogen-bond acceptors (Lipinski definition) is 5. The molecular formula is C22H25F3N4O5. The van der Waals surface area contributed by atoms with Gasteiger partial charge in [0.2, 0.25) is 11.8 Å². The van der Waals surface area contributed by atoms with E-state index in [-0.39, 0.29) is 18.5 Å². The van der Waals surface area contributed by atoms with E-state index in [0.717, 1.165) is 12.1 Å². The van der Waals surface area contributed by atoms with Gasteiger partial charge < -0.3 is 20.7 Å². The third kappa shape index (κ3) is 10.2. The molecule has 0 aliphatic heterocycles. The molecule has 2 aromatic rings. The van der Waals surface area contributed by atoms with Crippen LogP contribution in [0.4, 0.5) is 29.3 Å². The number of hydroxylamine groups is 1. The van der Waals surface area contributed by atoms with Crippen LogP contribution in [0.2, 0.25) is 0 Å². The molecule has 9 nitrogen and oxygen atoms in total. The van der Waals surface area contributed by atoms with Gasteiger partial charge in [-0.25, -0.2) is 10.3 Å². The van der Waals surface area contributed by atoms with Crippen molar-refractivity contribution in [2.75, 3.05) is 10.6 Å². The maximum atomic E-state index is 12.7. The fraction of sp³-hybridized carbons (Fsp3) is 0.318. The zero-order chi connectivity index (χ0) is 25.0. The highest BCUT2D eigenvalue weighted by Gasteiger charge is 2.31. The zero-order valence-electron chi connectivity index (χ0n) is 18.0. The Morgan fingerprint density at radius 1 is 0.882 bits per heavy atom. The quantitative estimate of drug-likeness (QED) is 0.187. The molecule has 0 radical (unpaired) electrons. The number of para-hydroxylation sites is 1. The summed E-state index contributed by atoms with van der Waals surface area (Å²) in [6.45, 7) is 0. The first-order chi connectivity index (χ1) is 16.2. The molecule has 2 aromatic carbocycles. The van der Waals surface area contributed by atoms with Crippen LogP contribution in [0.1, 0.15) is 32.1 Å². The average molecular weight is 482 g/mol. The van der Waals surface area contributed by atoms with Gasteiger partial charge in [0, 0.05) is 17.8 Å². The van der Waals surface area contributed by atoms with Gasteiger partial charge in [-0.3, -0.25) is 14.8 Å². The standard InChI is InChI=1S/C22H25F3N4O5/c23-22(24,25)34-17-13-11-16(12-14-17)27-21(32)28-18(9-5-2-6-10-19(30)29-33)20(31)26-15-7-3-1-4-8-15/h1,3-4,7-8,11-14,18,33H,2,5-6,9-10H2,(H,26,31)(H,29,30)(H2,27,28,32)/t18-/m0/s1. The number of hydrogen-bond donors (Lipinski definition) is 5. The summed E-state index contributed by atoms with van der Waals surface area (Å²) in [6, 6.07) is 11.5. The SMILES string of the molecule is O=C(CCCCC[C@H](NC(=O)Nc1ccc(OC(F)(F)F)cc1)C(=O)Nc1ccccc1)NO. The molecule has 0 heterocycles. The largest absolute Gasteiger partial charge is 0.573 e. The number of amides is 4. The number of urea groups is 1. The Morgan fingerprint density at radius 3 is 2.15 bits per heavy atom. The van der Waals surface area contributed by atoms with Crippen molar-refractivity contribution in [1.82, 2.24) is 10.8 Å². The number of ether oxygens (including phenoxy) is 1. The fourth-order valence-electron chi connectivity index (χ4n) is 2.95. The zero-order valence-corrected chi connectivity index (χ0v) is 18.0. The Hall–Kier alpha value is -3.80. The summed E-state index contributed by atoms with van der Waals surface area (Å²) in [5.41, 5.74) is 2.28. The number of carbonyl (C=O) groups is 3. The Labute approximate surface area is 193 Å². The van der Waals surface area contributed by atoms with Crippen molar-refractivity contribution in [2.24, 2.45) is 0 Å². The molecular weight excluding hydrogens is 457 g/mol. The average Bonchev–Trinajstić information content (AvgIpc) is 2.78. The number of carbonyl (C=O) groups excluding carboxylic acids is 3. The second kappa shape index (κ2) is 13.0. The third-order valence-corrected chi connectivity index (χ3v) is 4.53. The predicted molar refractivity (Wildman–Crippen MR) is 117 cm³/mol. The first kappa shape index (κ1) is 26.5. The molecule has 2 rings (SSSR count). The molecule has 5 N–H and O–H groups in total. The van der Waals surface area contributed by atoms with E-state index in [1.807, 2.05) is 0 Å². The van der Waals surface area contributed by atoms with E-state index in [1.165, 1.54) is 12.1 Å². The molecule has 184 valence electrons. The normalized spacial score (nSPS) is 11.8. The highest BCUT2D eigenvalue weighted by atomic mass is 19.4. The van der Waals surface area contributed by atoms with Crippen molar-refractivity contribution >= 4 is 29.2 Å². The Balaban J connectivity index is 1.95. The summed E-state index contributed by atoms with van der Waals surface area (Å²) in [5, 5.41) is 16.2. The minimum absolute atomic E-state index is 0.124. The van der Waals surface area contributed by atoms with E-state index >= 15 is 0 Å². The Kier molecular flexibility index (Phi) is 10.1. The molecule has 0 aliphatic carbocycles. The number of unbranched alkanes of at least 4 members (excludes halogenated alkanes) is 2. The molecule has 0 bridgehead atoms. The monoisotopic (exact) mass is 482 g/mol. The van der Waals surface area contributed by atoms with Crippen LogP contribution in [0.5, 0.6) is 5.75 Å². The van der Waals surface area contributed by atoms with Gasteiger partial charge in [0.25, 0.3) is 0 Å². The maximum Gasteiger partial charge on any atom is 0.573 e. The van der Waals surface area contributed by atoms with E-state index in [9.17, 15) is 27.6 Å². The summed E-state index contributed by atoms with van der Waals surface area (Å²) in [4.78, 5) is 36.2. The molecule has 0 aliphatic rings. The Morgan fingerprint density at radius 2 is 1.53 bits per heavy atom. The van der Waals surface area contributed by atoms with E-state index in [1.54, 1.807) is 35.8 Å². The molecule has 34 heavy (non-hydrogen) atoms. The topological polar surface area (TPSA) is 129 Å². The minimum Gasteiger partial charge on any atom is -0.406 e. The smallest absolute Gasteiger partial charge is 0.406 e. The lowest BCUT2D eigenvalue weighted by molar-refractivity contribution is -0.274. The van der Waals surface area contributed by atoms with Gasteiger partial charge in [-0.05, 0) is 49.2 Å². The molecule has 0 unspecified atom stereocenters. The number of benzene rings is 2. The van der Waals surface area contributed by atoms with Crippen molar-refractivity contribution in [3.8, 4) is 5.75 Å². The van der Waals surface area contributed by atoms with E-state index in [4.69, 9.17) is 5.21 Å². The van der Waals surface area contributed by atoms with Crippen LogP contribution in [0.3, 0.4) is 0 Å². The van der Waals surface area contributed by atoms with Crippen molar-refractivity contribution in [3.63, 3.8) is 0 Å². The predicted octanol–water partition coefficient (Wildman–Crippen LogP) is 4.17. The number of halogens is 3. The van der Waals surface area contributed by atoms with Crippen molar-refractivity contribution in [1.29, 1.82) is 0 Å². The molecule has 0 aromatic heterocycles. The number of anilines is 2. The fourth-order valence-corrected chi connectivity index (χ4v) is 2.95. The van der Waals surface area contributed by atoms with Gasteiger partial charge >= 0.3 is 12.4 Å². The van der Waals surface area contributed by atoms with Gasteiger partial charge in [-0.2, -0.15) is 0 Å². The van der Waals surface area contributed by atoms with E-state index < -0.39 is 36.0 Å². The minimum atomic E-state index is -4.83. The summed E-state index contributed by atoms with van der Waals surface area (Å²) in [5.74, 6) is -1.40. The first-order valence-electron chi connectivity index (χ1n) is 10.4. The highest BCUT2D eigenvalue weighted by Crippen LogP contribution is 2.24. The molecule has 0 fully saturated rings. The lowest BCUT2D eigenvalue weighted by Gasteiger charge is -2.19. The summed E-state index contributed by atoms with van der Waals surface area (Å²) in [6.07, 6.45) is -2.86. The van der Waals surface area contributed by atoms with Gasteiger partial charge in [-0.15, -0.1) is 13.2 Å². The van der Waals surface area contributed by atoms with E-state index in [0.29, 0.717) is 24.9 Å². The first-order valence-corrected chi connectivity index (χ1v) is 10.4. The summed E-state index contributed by atoms with van der Waals surface area (Å²) in [7, 11) is 0. The second-order valence-corrected chi connectivity index (χ2v) is 7.21. The van der Waals surface area contributed by atoms with Gasteiger partial charge in [-0.1, -0.05) is 31.0 Å². The van der Waals surface area contributed by atoms with Crippen molar-refractivity contribution in [2.45, 2.75) is 44.5 Å². The van der Waals surface area contributed by atoms with Crippen LogP contribution in [-0.4, -0.2) is 35.5 Å².